The van der Waals surface area contributed by atoms with Crippen LogP contribution in [0.2, 0.25) is 0 Å². The maximum Gasteiger partial charge on any atom is 0.152 e. The summed E-state index contributed by atoms with van der Waals surface area (Å²) in [6, 6.07) is 3.44. The Labute approximate surface area is 91.4 Å². The highest BCUT2D eigenvalue weighted by Crippen LogP contribution is 2.20. The van der Waals surface area contributed by atoms with Crippen molar-refractivity contribution in [2.24, 2.45) is 0 Å². The van der Waals surface area contributed by atoms with Gasteiger partial charge in [0.2, 0.25) is 0 Å². The maximum atomic E-state index is 10.8. The van der Waals surface area contributed by atoms with Crippen molar-refractivity contribution in [3.8, 4) is 5.75 Å². The van der Waals surface area contributed by atoms with Gasteiger partial charge in [0.15, 0.2) is 15.6 Å². The first kappa shape index (κ1) is 11.5. The number of ether oxygens (including phenoxy) is 1. The largest absolute Gasteiger partial charge is 0.490 e. The van der Waals surface area contributed by atoms with Gasteiger partial charge >= 0.3 is 0 Å². The van der Waals surface area contributed by atoms with Gasteiger partial charge in [-0.2, -0.15) is 0 Å². The van der Waals surface area contributed by atoms with E-state index in [-0.39, 0.29) is 12.4 Å². The molecule has 1 aromatic rings. The molecule has 0 aliphatic heterocycles. The summed E-state index contributed by atoms with van der Waals surface area (Å²) >= 11 is 3.19. The molecule has 78 valence electrons. The molecule has 0 saturated carbocycles. The first-order valence-electron chi connectivity index (χ1n) is 3.90. The lowest BCUT2D eigenvalue weighted by Gasteiger charge is -2.05. The van der Waals surface area contributed by atoms with Gasteiger partial charge in [-0.25, -0.2) is 13.4 Å². The highest BCUT2D eigenvalue weighted by molar-refractivity contribution is 9.10. The fourth-order valence-electron chi connectivity index (χ4n) is 0.782. The molecule has 0 aliphatic carbocycles. The fourth-order valence-corrected chi connectivity index (χ4v) is 1.53. The van der Waals surface area contributed by atoms with Crippen molar-refractivity contribution < 1.29 is 13.2 Å². The summed E-state index contributed by atoms with van der Waals surface area (Å²) in [5.41, 5.74) is 0. The Bertz CT molecular complexity index is 405. The van der Waals surface area contributed by atoms with Gasteiger partial charge in [-0.3, -0.25) is 0 Å². The molecule has 0 atom stereocenters. The van der Waals surface area contributed by atoms with Gasteiger partial charge in [-0.15, -0.1) is 0 Å². The molecule has 0 radical (unpaired) electrons. The van der Waals surface area contributed by atoms with Crippen LogP contribution in [-0.2, 0) is 9.84 Å². The van der Waals surface area contributed by atoms with Crippen molar-refractivity contribution >= 4 is 25.8 Å². The maximum absolute atomic E-state index is 10.8. The van der Waals surface area contributed by atoms with E-state index in [9.17, 15) is 8.42 Å². The number of aromatic nitrogens is 1. The van der Waals surface area contributed by atoms with Crippen LogP contribution in [0, 0.1) is 0 Å². The molecule has 0 bridgehead atoms. The minimum absolute atomic E-state index is 0.00827. The molecule has 0 aliphatic rings. The number of rotatable bonds is 4. The molecule has 4 nitrogen and oxygen atoms in total. The first-order valence-corrected chi connectivity index (χ1v) is 6.75. The van der Waals surface area contributed by atoms with E-state index in [1.807, 2.05) is 0 Å². The Hall–Kier alpha value is -0.620. The van der Waals surface area contributed by atoms with Gasteiger partial charge < -0.3 is 4.74 Å². The summed E-state index contributed by atoms with van der Waals surface area (Å²) in [5.74, 6) is 0.560. The second-order valence-corrected chi connectivity index (χ2v) is 5.78. The van der Waals surface area contributed by atoms with E-state index in [1.165, 1.54) is 6.26 Å². The van der Waals surface area contributed by atoms with Crippen LogP contribution in [-0.4, -0.2) is 32.0 Å². The van der Waals surface area contributed by atoms with Crippen LogP contribution < -0.4 is 4.74 Å². The Morgan fingerprint density at radius 1 is 1.57 bits per heavy atom. The highest BCUT2D eigenvalue weighted by atomic mass is 79.9. The lowest BCUT2D eigenvalue weighted by Crippen LogP contribution is -2.12. The highest BCUT2D eigenvalue weighted by Gasteiger charge is 2.04. The number of hydrogen-bond donors (Lipinski definition) is 0. The van der Waals surface area contributed by atoms with E-state index in [2.05, 4.69) is 20.9 Å². The SMILES string of the molecule is CS(=O)(=O)CCOc1cccnc1Br. The van der Waals surface area contributed by atoms with Gasteiger partial charge in [0.25, 0.3) is 0 Å². The van der Waals surface area contributed by atoms with Crippen LogP contribution in [0.1, 0.15) is 0 Å². The van der Waals surface area contributed by atoms with Crippen molar-refractivity contribution in [3.05, 3.63) is 22.9 Å². The average molecular weight is 280 g/mol. The van der Waals surface area contributed by atoms with Crippen LogP contribution >= 0.6 is 15.9 Å². The smallest absolute Gasteiger partial charge is 0.152 e. The molecule has 1 rings (SSSR count). The van der Waals surface area contributed by atoms with Crippen LogP contribution in [0.25, 0.3) is 0 Å². The van der Waals surface area contributed by atoms with Crippen molar-refractivity contribution in [3.63, 3.8) is 0 Å². The molecule has 0 aromatic carbocycles. The summed E-state index contributed by atoms with van der Waals surface area (Å²) in [7, 11) is -2.97. The quantitative estimate of drug-likeness (QED) is 0.779. The lowest BCUT2D eigenvalue weighted by atomic mass is 10.5. The minimum atomic E-state index is -2.97. The van der Waals surface area contributed by atoms with Crippen molar-refractivity contribution in [1.29, 1.82) is 0 Å². The van der Waals surface area contributed by atoms with Crippen LogP contribution in [0.15, 0.2) is 22.9 Å². The number of nitrogens with zero attached hydrogens (tertiary/aromatic N) is 1. The van der Waals surface area contributed by atoms with Gasteiger partial charge in [-0.05, 0) is 28.1 Å². The third kappa shape index (κ3) is 4.06. The zero-order valence-corrected chi connectivity index (χ0v) is 10.0. The van der Waals surface area contributed by atoms with E-state index in [0.717, 1.165) is 0 Å². The van der Waals surface area contributed by atoms with Gasteiger partial charge in [-0.1, -0.05) is 0 Å². The van der Waals surface area contributed by atoms with Crippen LogP contribution in [0.3, 0.4) is 0 Å². The van der Waals surface area contributed by atoms with E-state index < -0.39 is 9.84 Å². The third-order valence-electron chi connectivity index (χ3n) is 1.44. The van der Waals surface area contributed by atoms with Crippen molar-refractivity contribution in [2.75, 3.05) is 18.6 Å². The fraction of sp³-hybridized carbons (Fsp3) is 0.375. The molecule has 0 N–H and O–H groups in total. The number of sulfone groups is 1. The van der Waals surface area contributed by atoms with Gasteiger partial charge in [0, 0.05) is 12.5 Å². The van der Waals surface area contributed by atoms with Gasteiger partial charge in [0.1, 0.15) is 11.2 Å². The van der Waals surface area contributed by atoms with E-state index in [1.54, 1.807) is 18.3 Å². The molecule has 6 heteroatoms. The van der Waals surface area contributed by atoms with Crippen molar-refractivity contribution in [2.45, 2.75) is 0 Å². The van der Waals surface area contributed by atoms with Crippen molar-refractivity contribution in [1.82, 2.24) is 4.98 Å². The summed E-state index contributed by atoms with van der Waals surface area (Å²) < 4.78 is 27.4. The van der Waals surface area contributed by atoms with E-state index >= 15 is 0 Å². The predicted octanol–water partition coefficient (Wildman–Crippen LogP) is 1.27. The molecule has 0 fully saturated rings. The third-order valence-corrected chi connectivity index (χ3v) is 2.94. The molecule has 0 amide bonds. The Kier molecular flexibility index (Phi) is 3.88. The topological polar surface area (TPSA) is 56.3 Å². The zero-order valence-electron chi connectivity index (χ0n) is 7.60. The number of hydrogen-bond acceptors (Lipinski definition) is 4. The van der Waals surface area contributed by atoms with Crippen LogP contribution in [0.5, 0.6) is 5.75 Å². The summed E-state index contributed by atoms with van der Waals surface area (Å²) in [6.07, 6.45) is 2.79. The molecule has 14 heavy (non-hydrogen) atoms. The Balaban J connectivity index is 2.51. The molecule has 0 unspecified atom stereocenters. The number of halogens is 1. The summed E-state index contributed by atoms with van der Waals surface area (Å²) in [5, 5.41) is 0. The molecule has 0 spiro atoms. The average Bonchev–Trinajstić information content (AvgIpc) is 2.06. The monoisotopic (exact) mass is 279 g/mol. The standard InChI is InChI=1S/C8H10BrNO3S/c1-14(11,12)6-5-13-7-3-2-4-10-8(7)9/h2-4H,5-6H2,1H3. The second-order valence-electron chi connectivity index (χ2n) is 2.77. The molecule has 1 heterocycles. The Morgan fingerprint density at radius 2 is 2.29 bits per heavy atom. The molecule has 0 saturated heterocycles. The van der Waals surface area contributed by atoms with Crippen LogP contribution in [0.4, 0.5) is 0 Å². The zero-order chi connectivity index (χ0) is 10.6. The van der Waals surface area contributed by atoms with E-state index in [0.29, 0.717) is 10.4 Å². The molecular weight excluding hydrogens is 270 g/mol. The minimum Gasteiger partial charge on any atom is -0.490 e. The summed E-state index contributed by atoms with van der Waals surface area (Å²) in [4.78, 5) is 3.94. The molecule has 1 aromatic heterocycles. The predicted molar refractivity (Wildman–Crippen MR) is 57.1 cm³/mol. The lowest BCUT2D eigenvalue weighted by molar-refractivity contribution is 0.337. The second kappa shape index (κ2) is 4.75. The first-order chi connectivity index (χ1) is 6.49. The summed E-state index contributed by atoms with van der Waals surface area (Å²) in [6.45, 7) is 0.142. The normalized spacial score (nSPS) is 11.3. The Morgan fingerprint density at radius 3 is 2.86 bits per heavy atom. The number of pyridine rings is 1. The van der Waals surface area contributed by atoms with Gasteiger partial charge in [0.05, 0.1) is 5.75 Å². The molecular formula is C8H10BrNO3S. The van der Waals surface area contributed by atoms with E-state index in [4.69, 9.17) is 4.74 Å².